The van der Waals surface area contributed by atoms with Crippen LogP contribution in [0.2, 0.25) is 0 Å². The summed E-state index contributed by atoms with van der Waals surface area (Å²) in [6.07, 6.45) is 4.15. The highest BCUT2D eigenvalue weighted by molar-refractivity contribution is 5.16. The molecule has 0 radical (unpaired) electrons. The van der Waals surface area contributed by atoms with Crippen LogP contribution in [0.5, 0.6) is 0 Å². The number of hydrogen-bond donors (Lipinski definition) is 1. The number of aliphatic hydroxyl groups is 1. The van der Waals surface area contributed by atoms with Crippen LogP contribution in [-0.4, -0.2) is 36.0 Å². The number of nitrogens with zero attached hydrogens (tertiary/aromatic N) is 1. The van der Waals surface area contributed by atoms with Crippen molar-refractivity contribution in [3.63, 3.8) is 0 Å². The van der Waals surface area contributed by atoms with Gasteiger partial charge in [0.2, 0.25) is 0 Å². The van der Waals surface area contributed by atoms with Gasteiger partial charge in [-0.3, -0.25) is 4.98 Å². The van der Waals surface area contributed by atoms with Gasteiger partial charge in [0.05, 0.1) is 0 Å². The van der Waals surface area contributed by atoms with Gasteiger partial charge in [-0.1, -0.05) is 6.07 Å². The molecule has 0 spiro atoms. The number of rotatable bonds is 3. The number of ether oxygens (including phenoxy) is 2. The minimum atomic E-state index is -0.643. The van der Waals surface area contributed by atoms with Gasteiger partial charge in [-0.2, -0.15) is 0 Å². The van der Waals surface area contributed by atoms with Gasteiger partial charge in [-0.05, 0) is 6.07 Å². The average Bonchev–Trinajstić information content (AvgIpc) is 2.39. The molecule has 1 aromatic heterocycles. The molecule has 1 N–H and O–H groups in total. The average molecular weight is 223 g/mol. The molecule has 1 aliphatic heterocycles. The second-order valence-electron chi connectivity index (χ2n) is 4.07. The molecule has 1 atom stereocenters. The summed E-state index contributed by atoms with van der Waals surface area (Å²) in [6, 6.07) is 3.69. The summed E-state index contributed by atoms with van der Waals surface area (Å²) in [7, 11) is 1.64. The fourth-order valence-electron chi connectivity index (χ4n) is 2.15. The summed E-state index contributed by atoms with van der Waals surface area (Å²) in [5.41, 5.74) is 0.271. The lowest BCUT2D eigenvalue weighted by molar-refractivity contribution is -0.154. The Bertz CT molecular complexity index is 322. The van der Waals surface area contributed by atoms with Gasteiger partial charge >= 0.3 is 0 Å². The van der Waals surface area contributed by atoms with Gasteiger partial charge < -0.3 is 14.6 Å². The lowest BCUT2D eigenvalue weighted by atomic mass is 9.85. The van der Waals surface area contributed by atoms with Crippen LogP contribution in [-0.2, 0) is 9.47 Å². The molecule has 0 aliphatic carbocycles. The van der Waals surface area contributed by atoms with E-state index in [9.17, 15) is 5.11 Å². The minimum absolute atomic E-state index is 0.527. The third-order valence-electron chi connectivity index (χ3n) is 3.24. The van der Waals surface area contributed by atoms with E-state index in [1.165, 1.54) is 0 Å². The maximum absolute atomic E-state index is 10.4. The molecule has 4 heteroatoms. The van der Waals surface area contributed by atoms with Crippen molar-refractivity contribution < 1.29 is 14.6 Å². The molecule has 1 saturated heterocycles. The summed E-state index contributed by atoms with van der Waals surface area (Å²) in [6.45, 7) is 1.26. The molecule has 1 unspecified atom stereocenters. The molecule has 0 bridgehead atoms. The molecule has 88 valence electrons. The van der Waals surface area contributed by atoms with Gasteiger partial charge in [0.25, 0.3) is 0 Å². The normalized spacial score (nSPS) is 21.6. The van der Waals surface area contributed by atoms with E-state index in [1.54, 1.807) is 19.5 Å². The molecule has 16 heavy (non-hydrogen) atoms. The minimum Gasteiger partial charge on any atom is -0.385 e. The summed E-state index contributed by atoms with van der Waals surface area (Å²) < 4.78 is 10.8. The molecule has 1 aliphatic rings. The third-order valence-corrected chi connectivity index (χ3v) is 3.24. The highest BCUT2D eigenvalue weighted by Gasteiger charge is 2.40. The molecule has 0 amide bonds. The van der Waals surface area contributed by atoms with E-state index in [1.807, 2.05) is 12.1 Å². The van der Waals surface area contributed by atoms with E-state index in [0.29, 0.717) is 26.1 Å². The SMILES string of the molecule is COC1(C(O)c2cccnc2)CCOCC1. The molecule has 1 aromatic rings. The Balaban J connectivity index is 2.20. The summed E-state index contributed by atoms with van der Waals surface area (Å²) in [4.78, 5) is 4.02. The van der Waals surface area contributed by atoms with Crippen molar-refractivity contribution in [1.29, 1.82) is 0 Å². The van der Waals surface area contributed by atoms with Gasteiger partial charge in [-0.15, -0.1) is 0 Å². The molecule has 0 aromatic carbocycles. The summed E-state index contributed by atoms with van der Waals surface area (Å²) >= 11 is 0. The fourth-order valence-corrected chi connectivity index (χ4v) is 2.15. The van der Waals surface area contributed by atoms with Crippen LogP contribution < -0.4 is 0 Å². The van der Waals surface area contributed by atoms with Crippen molar-refractivity contribution in [2.45, 2.75) is 24.5 Å². The zero-order chi connectivity index (χ0) is 11.4. The Morgan fingerprint density at radius 1 is 1.50 bits per heavy atom. The van der Waals surface area contributed by atoms with E-state index in [0.717, 1.165) is 5.56 Å². The van der Waals surface area contributed by atoms with E-state index in [2.05, 4.69) is 4.98 Å². The monoisotopic (exact) mass is 223 g/mol. The first-order chi connectivity index (χ1) is 7.78. The topological polar surface area (TPSA) is 51.6 Å². The highest BCUT2D eigenvalue weighted by atomic mass is 16.5. The molecule has 2 heterocycles. The lowest BCUT2D eigenvalue weighted by Gasteiger charge is -2.39. The molecule has 0 saturated carbocycles. The van der Waals surface area contributed by atoms with Crippen LogP contribution in [0.15, 0.2) is 24.5 Å². The Morgan fingerprint density at radius 2 is 2.25 bits per heavy atom. The maximum atomic E-state index is 10.4. The van der Waals surface area contributed by atoms with Gasteiger partial charge in [0, 0.05) is 51.1 Å². The van der Waals surface area contributed by atoms with Crippen LogP contribution in [0.3, 0.4) is 0 Å². The second-order valence-corrected chi connectivity index (χ2v) is 4.07. The first kappa shape index (κ1) is 11.5. The maximum Gasteiger partial charge on any atom is 0.110 e. The van der Waals surface area contributed by atoms with E-state index >= 15 is 0 Å². The molecule has 4 nitrogen and oxygen atoms in total. The van der Waals surface area contributed by atoms with Crippen molar-refractivity contribution in [2.24, 2.45) is 0 Å². The first-order valence-corrected chi connectivity index (χ1v) is 5.49. The van der Waals surface area contributed by atoms with Crippen LogP contribution in [0, 0.1) is 0 Å². The Morgan fingerprint density at radius 3 is 2.81 bits per heavy atom. The number of methoxy groups -OCH3 is 1. The van der Waals surface area contributed by atoms with Gasteiger partial charge in [0.1, 0.15) is 11.7 Å². The largest absolute Gasteiger partial charge is 0.385 e. The first-order valence-electron chi connectivity index (χ1n) is 5.49. The van der Waals surface area contributed by atoms with Crippen molar-refractivity contribution in [1.82, 2.24) is 4.98 Å². The summed E-state index contributed by atoms with van der Waals surface area (Å²) in [5, 5.41) is 10.4. The smallest absolute Gasteiger partial charge is 0.110 e. The predicted molar refractivity (Wildman–Crippen MR) is 59.0 cm³/mol. The zero-order valence-corrected chi connectivity index (χ0v) is 9.43. The predicted octanol–water partition coefficient (Wildman–Crippen LogP) is 1.31. The van der Waals surface area contributed by atoms with Gasteiger partial charge in [-0.25, -0.2) is 0 Å². The van der Waals surface area contributed by atoms with Crippen molar-refractivity contribution in [2.75, 3.05) is 20.3 Å². The highest BCUT2D eigenvalue weighted by Crippen LogP contribution is 2.36. The zero-order valence-electron chi connectivity index (χ0n) is 9.43. The van der Waals surface area contributed by atoms with Crippen LogP contribution >= 0.6 is 0 Å². The molecular weight excluding hydrogens is 206 g/mol. The second kappa shape index (κ2) is 4.91. The molecule has 2 rings (SSSR count). The number of pyridine rings is 1. The van der Waals surface area contributed by atoms with Gasteiger partial charge in [0.15, 0.2) is 0 Å². The van der Waals surface area contributed by atoms with Crippen molar-refractivity contribution >= 4 is 0 Å². The van der Waals surface area contributed by atoms with E-state index < -0.39 is 11.7 Å². The number of aliphatic hydroxyl groups excluding tert-OH is 1. The van der Waals surface area contributed by atoms with Crippen molar-refractivity contribution in [3.8, 4) is 0 Å². The van der Waals surface area contributed by atoms with Crippen LogP contribution in [0.1, 0.15) is 24.5 Å². The standard InChI is InChI=1S/C12H17NO3/c1-15-12(4-7-16-8-5-12)11(14)10-3-2-6-13-9-10/h2-3,6,9,11,14H,4-5,7-8H2,1H3. The van der Waals surface area contributed by atoms with E-state index in [4.69, 9.17) is 9.47 Å². The quantitative estimate of drug-likeness (QED) is 0.839. The summed E-state index contributed by atoms with van der Waals surface area (Å²) in [5.74, 6) is 0. The Kier molecular flexibility index (Phi) is 3.53. The number of hydrogen-bond acceptors (Lipinski definition) is 4. The Hall–Kier alpha value is -0.970. The third kappa shape index (κ3) is 2.09. The lowest BCUT2D eigenvalue weighted by Crippen LogP contribution is -2.43. The Labute approximate surface area is 95.2 Å². The molecular formula is C12H17NO3. The fraction of sp³-hybridized carbons (Fsp3) is 0.583. The van der Waals surface area contributed by atoms with E-state index in [-0.39, 0.29) is 0 Å². The van der Waals surface area contributed by atoms with Crippen LogP contribution in [0.25, 0.3) is 0 Å². The molecule has 1 fully saturated rings. The van der Waals surface area contributed by atoms with Crippen molar-refractivity contribution in [3.05, 3.63) is 30.1 Å². The van der Waals surface area contributed by atoms with Crippen LogP contribution in [0.4, 0.5) is 0 Å². The number of aromatic nitrogens is 1.